The predicted octanol–water partition coefficient (Wildman–Crippen LogP) is 4.83. The maximum Gasteiger partial charge on any atom is 0.343 e. The average Bonchev–Trinajstić information content (AvgIpc) is 3.45. The smallest absolute Gasteiger partial charge is 0.343 e. The molecule has 4 rings (SSSR count). The summed E-state index contributed by atoms with van der Waals surface area (Å²) in [5.74, 6) is -0.660. The van der Waals surface area contributed by atoms with Crippen LogP contribution in [-0.4, -0.2) is 31.1 Å². The molecule has 37 heavy (non-hydrogen) atoms. The van der Waals surface area contributed by atoms with Crippen molar-refractivity contribution in [3.63, 3.8) is 0 Å². The van der Waals surface area contributed by atoms with Gasteiger partial charge in [-0.05, 0) is 73.2 Å². The molecule has 9 heteroatoms. The number of aryl methyl sites for hydroxylation is 1. The third kappa shape index (κ3) is 6.49. The number of nitrogens with one attached hydrogen (secondary N) is 2. The Morgan fingerprint density at radius 2 is 1.68 bits per heavy atom. The largest absolute Gasteiger partial charge is 0.493 e. The number of anilines is 1. The summed E-state index contributed by atoms with van der Waals surface area (Å²) in [5, 5.41) is 6.65. The van der Waals surface area contributed by atoms with E-state index in [4.69, 9.17) is 13.9 Å². The van der Waals surface area contributed by atoms with Crippen molar-refractivity contribution in [2.24, 2.45) is 5.10 Å². The first kappa shape index (κ1) is 24.9. The lowest BCUT2D eigenvalue weighted by atomic mass is 10.1. The van der Waals surface area contributed by atoms with Gasteiger partial charge in [-0.3, -0.25) is 9.59 Å². The van der Waals surface area contributed by atoms with Crippen molar-refractivity contribution in [2.45, 2.75) is 6.92 Å². The van der Waals surface area contributed by atoms with Crippen LogP contribution in [0.25, 0.3) is 0 Å². The summed E-state index contributed by atoms with van der Waals surface area (Å²) in [6.07, 6.45) is 2.83. The summed E-state index contributed by atoms with van der Waals surface area (Å²) >= 11 is 0. The molecular formula is C28H23N3O6. The van der Waals surface area contributed by atoms with Crippen molar-refractivity contribution in [1.29, 1.82) is 0 Å². The van der Waals surface area contributed by atoms with Crippen LogP contribution in [0.4, 0.5) is 5.69 Å². The molecule has 9 nitrogen and oxygen atoms in total. The summed E-state index contributed by atoms with van der Waals surface area (Å²) in [6.45, 7) is 1.89. The van der Waals surface area contributed by atoms with Crippen LogP contribution in [0.5, 0.6) is 11.5 Å². The maximum absolute atomic E-state index is 12.5. The van der Waals surface area contributed by atoms with E-state index in [1.165, 1.54) is 31.7 Å². The Hall–Kier alpha value is -5.18. The van der Waals surface area contributed by atoms with Gasteiger partial charge in [0.05, 0.1) is 25.2 Å². The van der Waals surface area contributed by atoms with E-state index in [2.05, 4.69) is 15.8 Å². The minimum Gasteiger partial charge on any atom is -0.493 e. The van der Waals surface area contributed by atoms with Gasteiger partial charge in [0, 0.05) is 11.3 Å². The second-order valence-electron chi connectivity index (χ2n) is 7.88. The van der Waals surface area contributed by atoms with Crippen LogP contribution in [0.3, 0.4) is 0 Å². The lowest BCUT2D eigenvalue weighted by Crippen LogP contribution is -2.18. The Kier molecular flexibility index (Phi) is 7.75. The first-order valence-corrected chi connectivity index (χ1v) is 11.2. The lowest BCUT2D eigenvalue weighted by molar-refractivity contribution is 0.0729. The molecule has 1 heterocycles. The zero-order chi connectivity index (χ0) is 26.2. The molecule has 0 spiro atoms. The summed E-state index contributed by atoms with van der Waals surface area (Å²) in [6, 6.07) is 21.5. The highest BCUT2D eigenvalue weighted by Gasteiger charge is 2.14. The number of hydrazone groups is 1. The molecule has 0 saturated carbocycles. The first-order valence-electron chi connectivity index (χ1n) is 11.2. The topological polar surface area (TPSA) is 119 Å². The molecule has 0 fully saturated rings. The van der Waals surface area contributed by atoms with E-state index in [1.807, 2.05) is 13.0 Å². The van der Waals surface area contributed by atoms with Crippen LogP contribution in [0.1, 0.15) is 42.4 Å². The van der Waals surface area contributed by atoms with Gasteiger partial charge in [0.2, 0.25) is 0 Å². The van der Waals surface area contributed by atoms with E-state index in [0.717, 1.165) is 5.56 Å². The highest BCUT2D eigenvalue weighted by atomic mass is 16.6. The van der Waals surface area contributed by atoms with E-state index < -0.39 is 17.8 Å². The van der Waals surface area contributed by atoms with Gasteiger partial charge in [-0.15, -0.1) is 0 Å². The summed E-state index contributed by atoms with van der Waals surface area (Å²) in [4.78, 5) is 37.1. The SMILES string of the molecule is COc1cc(C=NNC(=O)c2cccc(NC(=O)c3ccco3)c2)ccc1OC(=O)c1cccc(C)c1. The number of amides is 2. The predicted molar refractivity (Wildman–Crippen MR) is 137 cm³/mol. The molecule has 186 valence electrons. The van der Waals surface area contributed by atoms with Crippen LogP contribution >= 0.6 is 0 Å². The number of nitrogens with zero attached hydrogens (tertiary/aromatic N) is 1. The third-order valence-corrected chi connectivity index (χ3v) is 5.15. The molecule has 0 atom stereocenters. The molecule has 0 saturated heterocycles. The van der Waals surface area contributed by atoms with Crippen molar-refractivity contribution < 1.29 is 28.3 Å². The number of hydrogen-bond acceptors (Lipinski definition) is 7. The van der Waals surface area contributed by atoms with Crippen LogP contribution in [0, 0.1) is 6.92 Å². The molecule has 4 aromatic rings. The molecule has 2 amide bonds. The fraction of sp³-hybridized carbons (Fsp3) is 0.0714. The minimum atomic E-state index is -0.502. The van der Waals surface area contributed by atoms with Crippen molar-refractivity contribution in [3.05, 3.63) is 113 Å². The highest BCUT2D eigenvalue weighted by molar-refractivity contribution is 6.03. The van der Waals surface area contributed by atoms with Gasteiger partial charge in [-0.25, -0.2) is 10.2 Å². The minimum absolute atomic E-state index is 0.158. The van der Waals surface area contributed by atoms with Crippen molar-refractivity contribution in [1.82, 2.24) is 5.43 Å². The number of rotatable bonds is 8. The number of ether oxygens (including phenoxy) is 2. The van der Waals surface area contributed by atoms with Gasteiger partial charge in [0.1, 0.15) is 0 Å². The van der Waals surface area contributed by atoms with Crippen LogP contribution < -0.4 is 20.2 Å². The summed E-state index contributed by atoms with van der Waals surface area (Å²) < 4.78 is 15.9. The fourth-order valence-electron chi connectivity index (χ4n) is 3.35. The Bertz CT molecular complexity index is 1460. The summed E-state index contributed by atoms with van der Waals surface area (Å²) in [7, 11) is 1.46. The molecule has 0 radical (unpaired) electrons. The number of benzene rings is 3. The van der Waals surface area contributed by atoms with E-state index in [0.29, 0.717) is 28.1 Å². The molecule has 0 aliphatic carbocycles. The second kappa shape index (κ2) is 11.5. The van der Waals surface area contributed by atoms with Gasteiger partial charge in [0.15, 0.2) is 17.3 Å². The molecule has 3 aromatic carbocycles. The maximum atomic E-state index is 12.5. The number of hydrogen-bond donors (Lipinski definition) is 2. The number of methoxy groups -OCH3 is 1. The molecule has 0 aliphatic rings. The highest BCUT2D eigenvalue weighted by Crippen LogP contribution is 2.28. The standard InChI is InChI=1S/C28H23N3O6/c1-18-6-3-8-21(14-18)28(34)37-23-12-11-19(15-25(23)35-2)17-29-31-26(32)20-7-4-9-22(16-20)30-27(33)24-10-5-13-36-24/h3-17H,1-2H3,(H,30,33)(H,31,32). The van der Waals surface area contributed by atoms with Crippen LogP contribution in [-0.2, 0) is 0 Å². The second-order valence-corrected chi connectivity index (χ2v) is 7.88. The van der Waals surface area contributed by atoms with E-state index in [-0.39, 0.29) is 11.5 Å². The molecule has 2 N–H and O–H groups in total. The fourth-order valence-corrected chi connectivity index (χ4v) is 3.35. The van der Waals surface area contributed by atoms with Crippen molar-refractivity contribution in [3.8, 4) is 11.5 Å². The van der Waals surface area contributed by atoms with Gasteiger partial charge < -0.3 is 19.2 Å². The summed E-state index contributed by atoms with van der Waals surface area (Å²) in [5.41, 5.74) is 5.14. The number of carbonyl (C=O) groups is 3. The monoisotopic (exact) mass is 497 g/mol. The Morgan fingerprint density at radius 1 is 0.865 bits per heavy atom. The van der Waals surface area contributed by atoms with E-state index >= 15 is 0 Å². The Morgan fingerprint density at radius 3 is 2.43 bits per heavy atom. The zero-order valence-corrected chi connectivity index (χ0v) is 20.1. The quantitative estimate of drug-likeness (QED) is 0.156. The number of carbonyl (C=O) groups excluding carboxylic acids is 3. The Balaban J connectivity index is 1.38. The van der Waals surface area contributed by atoms with Gasteiger partial charge in [-0.1, -0.05) is 23.8 Å². The van der Waals surface area contributed by atoms with Gasteiger partial charge in [-0.2, -0.15) is 5.10 Å². The normalized spacial score (nSPS) is 10.6. The Labute approximate surface area is 212 Å². The van der Waals surface area contributed by atoms with Crippen LogP contribution in [0.2, 0.25) is 0 Å². The van der Waals surface area contributed by atoms with Crippen molar-refractivity contribution >= 4 is 29.7 Å². The van der Waals surface area contributed by atoms with Gasteiger partial charge in [0.25, 0.3) is 11.8 Å². The molecular weight excluding hydrogens is 474 g/mol. The first-order chi connectivity index (χ1) is 17.9. The molecule has 0 unspecified atom stereocenters. The molecule has 0 bridgehead atoms. The zero-order valence-electron chi connectivity index (χ0n) is 20.1. The number of esters is 1. The van der Waals surface area contributed by atoms with E-state index in [1.54, 1.807) is 60.7 Å². The van der Waals surface area contributed by atoms with Gasteiger partial charge >= 0.3 is 5.97 Å². The molecule has 0 aliphatic heterocycles. The van der Waals surface area contributed by atoms with Crippen molar-refractivity contribution in [2.75, 3.05) is 12.4 Å². The van der Waals surface area contributed by atoms with E-state index in [9.17, 15) is 14.4 Å². The lowest BCUT2D eigenvalue weighted by Gasteiger charge is -2.10. The third-order valence-electron chi connectivity index (χ3n) is 5.15. The number of furan rings is 1. The average molecular weight is 498 g/mol. The molecule has 1 aromatic heterocycles. The van der Waals surface area contributed by atoms with Crippen LogP contribution in [0.15, 0.2) is 94.6 Å².